The van der Waals surface area contributed by atoms with Crippen molar-refractivity contribution in [3.05, 3.63) is 34.9 Å². The molecule has 1 atom stereocenters. The summed E-state index contributed by atoms with van der Waals surface area (Å²) < 4.78 is 5.50. The summed E-state index contributed by atoms with van der Waals surface area (Å²) in [4.78, 5) is 6.77. The summed E-state index contributed by atoms with van der Waals surface area (Å²) in [6.07, 6.45) is 0. The molecule has 1 aliphatic rings. The molecule has 0 amide bonds. The van der Waals surface area contributed by atoms with E-state index in [0.29, 0.717) is 5.92 Å². The Morgan fingerprint density at radius 1 is 1.16 bits per heavy atom. The van der Waals surface area contributed by atoms with Crippen LogP contribution in [0.5, 0.6) is 0 Å². The maximum Gasteiger partial charge on any atom is 0.191 e. The standard InChI is InChI=1S/C18H29ClN4O.HI/c1-14(2)12-21-18(20-3)22-13-17(23-8-10-24-11-9-23)15-4-6-16(19)7-5-15;/h4-7,14,17H,8-13H2,1-3H3,(H2,20,21,22);1H. The number of halogens is 2. The fourth-order valence-electron chi connectivity index (χ4n) is 2.75. The second kappa shape index (κ2) is 11.9. The lowest BCUT2D eigenvalue weighted by atomic mass is 10.0. The average molecular weight is 481 g/mol. The van der Waals surface area contributed by atoms with Crippen LogP contribution >= 0.6 is 35.6 Å². The summed E-state index contributed by atoms with van der Waals surface area (Å²) in [5, 5.41) is 7.59. The number of ether oxygens (including phenoxy) is 1. The molecule has 2 N–H and O–H groups in total. The van der Waals surface area contributed by atoms with Gasteiger partial charge in [-0.25, -0.2) is 0 Å². The Bertz CT molecular complexity index is 518. The lowest BCUT2D eigenvalue weighted by Gasteiger charge is -2.35. The van der Waals surface area contributed by atoms with E-state index in [0.717, 1.165) is 50.4 Å². The molecule has 0 aliphatic carbocycles. The van der Waals surface area contributed by atoms with Crippen LogP contribution in [0, 0.1) is 5.92 Å². The third-order valence-electron chi connectivity index (χ3n) is 4.11. The van der Waals surface area contributed by atoms with Crippen LogP contribution in [0.4, 0.5) is 0 Å². The Hall–Kier alpha value is -0.570. The molecule has 1 aromatic rings. The first-order chi connectivity index (χ1) is 11.6. The fraction of sp³-hybridized carbons (Fsp3) is 0.611. The molecule has 2 rings (SSSR count). The van der Waals surface area contributed by atoms with E-state index in [1.54, 1.807) is 0 Å². The molecule has 1 saturated heterocycles. The number of hydrogen-bond acceptors (Lipinski definition) is 3. The van der Waals surface area contributed by atoms with E-state index in [1.165, 1.54) is 5.56 Å². The predicted octanol–water partition coefficient (Wildman–Crippen LogP) is 3.15. The summed E-state index contributed by atoms with van der Waals surface area (Å²) in [5.41, 5.74) is 1.26. The molecule has 7 heteroatoms. The Morgan fingerprint density at radius 3 is 2.32 bits per heavy atom. The highest BCUT2D eigenvalue weighted by atomic mass is 127. The van der Waals surface area contributed by atoms with E-state index in [-0.39, 0.29) is 30.0 Å². The van der Waals surface area contributed by atoms with Gasteiger partial charge in [0.05, 0.1) is 19.3 Å². The zero-order chi connectivity index (χ0) is 17.4. The minimum Gasteiger partial charge on any atom is -0.379 e. The van der Waals surface area contributed by atoms with Gasteiger partial charge in [-0.2, -0.15) is 0 Å². The smallest absolute Gasteiger partial charge is 0.191 e. The molecule has 1 aromatic carbocycles. The van der Waals surface area contributed by atoms with Crippen LogP contribution in [-0.4, -0.2) is 57.3 Å². The molecule has 5 nitrogen and oxygen atoms in total. The Kier molecular flexibility index (Phi) is 10.7. The molecule has 1 aliphatic heterocycles. The highest BCUT2D eigenvalue weighted by molar-refractivity contribution is 14.0. The zero-order valence-electron chi connectivity index (χ0n) is 15.3. The molecule has 1 heterocycles. The van der Waals surface area contributed by atoms with Gasteiger partial charge in [0.25, 0.3) is 0 Å². The van der Waals surface area contributed by atoms with E-state index in [9.17, 15) is 0 Å². The molecule has 0 saturated carbocycles. The SMILES string of the molecule is CN=C(NCC(C)C)NCC(c1ccc(Cl)cc1)N1CCOCC1.I. The Labute approximate surface area is 173 Å². The minimum atomic E-state index is 0. The predicted molar refractivity (Wildman–Crippen MR) is 116 cm³/mol. The summed E-state index contributed by atoms with van der Waals surface area (Å²) in [7, 11) is 1.81. The van der Waals surface area contributed by atoms with Gasteiger partial charge in [-0.05, 0) is 23.6 Å². The van der Waals surface area contributed by atoms with Gasteiger partial charge in [0, 0.05) is 38.2 Å². The van der Waals surface area contributed by atoms with Crippen LogP contribution in [-0.2, 0) is 4.74 Å². The molecule has 1 fully saturated rings. The highest BCUT2D eigenvalue weighted by Gasteiger charge is 2.22. The molecule has 142 valence electrons. The normalized spacial score (nSPS) is 17.1. The first-order valence-electron chi connectivity index (χ1n) is 8.62. The van der Waals surface area contributed by atoms with Gasteiger partial charge in [0.15, 0.2) is 5.96 Å². The summed E-state index contributed by atoms with van der Waals surface area (Å²) in [5.74, 6) is 1.42. The van der Waals surface area contributed by atoms with Crippen molar-refractivity contribution >= 4 is 41.5 Å². The van der Waals surface area contributed by atoms with Gasteiger partial charge >= 0.3 is 0 Å². The third-order valence-corrected chi connectivity index (χ3v) is 4.36. The molecule has 0 bridgehead atoms. The molecule has 1 unspecified atom stereocenters. The number of morpholine rings is 1. The molecule has 25 heavy (non-hydrogen) atoms. The van der Waals surface area contributed by atoms with E-state index < -0.39 is 0 Å². The van der Waals surface area contributed by atoms with E-state index in [1.807, 2.05) is 19.2 Å². The topological polar surface area (TPSA) is 48.9 Å². The summed E-state index contributed by atoms with van der Waals surface area (Å²) in [6, 6.07) is 8.39. The van der Waals surface area contributed by atoms with Crippen LogP contribution in [0.25, 0.3) is 0 Å². The van der Waals surface area contributed by atoms with E-state index >= 15 is 0 Å². The third kappa shape index (κ3) is 7.68. The van der Waals surface area contributed by atoms with Crippen LogP contribution in [0.2, 0.25) is 5.02 Å². The second-order valence-corrected chi connectivity index (χ2v) is 6.88. The van der Waals surface area contributed by atoms with E-state index in [4.69, 9.17) is 16.3 Å². The number of benzene rings is 1. The highest BCUT2D eigenvalue weighted by Crippen LogP contribution is 2.23. The van der Waals surface area contributed by atoms with Crippen molar-refractivity contribution in [2.24, 2.45) is 10.9 Å². The number of hydrogen-bond donors (Lipinski definition) is 2. The van der Waals surface area contributed by atoms with Crippen molar-refractivity contribution < 1.29 is 4.74 Å². The van der Waals surface area contributed by atoms with Crippen LogP contribution in [0.1, 0.15) is 25.5 Å². The first-order valence-corrected chi connectivity index (χ1v) is 8.99. The van der Waals surface area contributed by atoms with Crippen molar-refractivity contribution in [2.75, 3.05) is 46.4 Å². The van der Waals surface area contributed by atoms with Gasteiger partial charge in [-0.15, -0.1) is 24.0 Å². The lowest BCUT2D eigenvalue weighted by Crippen LogP contribution is -2.46. The zero-order valence-corrected chi connectivity index (χ0v) is 18.4. The van der Waals surface area contributed by atoms with Crippen molar-refractivity contribution in [1.29, 1.82) is 0 Å². The van der Waals surface area contributed by atoms with Crippen LogP contribution in [0.3, 0.4) is 0 Å². The van der Waals surface area contributed by atoms with Crippen LogP contribution < -0.4 is 10.6 Å². The maximum atomic E-state index is 6.04. The van der Waals surface area contributed by atoms with Gasteiger partial charge in [0.1, 0.15) is 0 Å². The largest absolute Gasteiger partial charge is 0.379 e. The van der Waals surface area contributed by atoms with Crippen molar-refractivity contribution in [3.63, 3.8) is 0 Å². The summed E-state index contributed by atoms with van der Waals surface area (Å²) in [6.45, 7) is 9.51. The number of rotatable bonds is 6. The number of guanidine groups is 1. The number of aliphatic imine (C=N–C) groups is 1. The number of nitrogens with zero attached hydrogens (tertiary/aromatic N) is 2. The van der Waals surface area contributed by atoms with E-state index in [2.05, 4.69) is 46.5 Å². The summed E-state index contributed by atoms with van der Waals surface area (Å²) >= 11 is 6.04. The minimum absolute atomic E-state index is 0. The average Bonchev–Trinajstić information content (AvgIpc) is 2.60. The number of nitrogens with one attached hydrogen (secondary N) is 2. The molecular formula is C18H30ClIN4O. The molecular weight excluding hydrogens is 451 g/mol. The fourth-order valence-corrected chi connectivity index (χ4v) is 2.87. The molecule has 0 aromatic heterocycles. The molecule has 0 spiro atoms. The van der Waals surface area contributed by atoms with Crippen molar-refractivity contribution in [2.45, 2.75) is 19.9 Å². The first kappa shape index (κ1) is 22.5. The Balaban J connectivity index is 0.00000312. The molecule has 0 radical (unpaired) electrons. The van der Waals surface area contributed by atoms with Crippen molar-refractivity contribution in [1.82, 2.24) is 15.5 Å². The quantitative estimate of drug-likeness (QED) is 0.373. The van der Waals surface area contributed by atoms with Gasteiger partial charge < -0.3 is 15.4 Å². The Morgan fingerprint density at radius 2 is 1.76 bits per heavy atom. The van der Waals surface area contributed by atoms with Gasteiger partial charge in [-0.1, -0.05) is 37.6 Å². The van der Waals surface area contributed by atoms with Gasteiger partial charge in [0.2, 0.25) is 0 Å². The van der Waals surface area contributed by atoms with Crippen molar-refractivity contribution in [3.8, 4) is 0 Å². The van der Waals surface area contributed by atoms with Gasteiger partial charge in [-0.3, -0.25) is 9.89 Å². The second-order valence-electron chi connectivity index (χ2n) is 6.44. The lowest BCUT2D eigenvalue weighted by molar-refractivity contribution is 0.0170. The maximum absolute atomic E-state index is 6.04. The van der Waals surface area contributed by atoms with Crippen LogP contribution in [0.15, 0.2) is 29.3 Å². The monoisotopic (exact) mass is 480 g/mol.